The number of pyridine rings is 1. The van der Waals surface area contributed by atoms with Gasteiger partial charge in [-0.05, 0) is 115 Å². The van der Waals surface area contributed by atoms with Crippen LogP contribution in [0, 0.1) is 33.8 Å². The number of phenols is 1. The topological polar surface area (TPSA) is 58.0 Å². The molecule has 0 unspecified atom stereocenters. The molecule has 6 heteroatoms. The zero-order valence-corrected chi connectivity index (χ0v) is 33.9. The molecule has 2 heterocycles. The molecule has 0 saturated carbocycles. The largest absolute Gasteiger partial charge is 0.506 e. The van der Waals surface area contributed by atoms with Gasteiger partial charge in [-0.2, -0.15) is 0 Å². The molecule has 1 N–H and O–H groups in total. The first-order valence-corrected chi connectivity index (χ1v) is 18.0. The summed E-state index contributed by atoms with van der Waals surface area (Å²) in [5, 5.41) is 11.9. The number of anilines is 1. The third-order valence-electron chi connectivity index (χ3n) is 10.8. The van der Waals surface area contributed by atoms with Gasteiger partial charge >= 0.3 is 0 Å². The first-order chi connectivity index (χ1) is 23.6. The van der Waals surface area contributed by atoms with Crippen molar-refractivity contribution >= 4 is 22.4 Å². The molecule has 0 fully saturated rings. The number of aliphatic imine (C=N–C) groups is 1. The van der Waals surface area contributed by atoms with Crippen LogP contribution in [0.15, 0.2) is 71.7 Å². The predicted molar refractivity (Wildman–Crippen MR) is 206 cm³/mol. The quantitative estimate of drug-likeness (QED) is 0.183. The van der Waals surface area contributed by atoms with E-state index >= 15 is 0 Å². The van der Waals surface area contributed by atoms with Gasteiger partial charge in [0.25, 0.3) is 0 Å². The van der Waals surface area contributed by atoms with Crippen LogP contribution >= 0.6 is 0 Å². The number of aromatic hydroxyl groups is 1. The standard InChI is InChI=1S/C45H50N3O2.Pt/c1-26-20-27(2)29(4)41(28(26)3)48-42-36-16-12-11-14-30(36)15-13-17-37(42)46-43(48)32-22-33(44(5,6)7)24-35(23-32)50-39-19-18-31-21-34(45(8,9)10)25-38(49)40(31)47-39;/h11-12,14,16,18-22,24-25,37,42,49H,13,15,17H2,1-10H3;/q-1;/t37-,42+;/m0./s1. The molecular formula is C45H50N3O2Pt-. The van der Waals surface area contributed by atoms with Crippen molar-refractivity contribution in [3.05, 3.63) is 123 Å². The Bertz CT molecular complexity index is 2150. The number of aromatic nitrogens is 1. The van der Waals surface area contributed by atoms with E-state index < -0.39 is 0 Å². The Morgan fingerprint density at radius 1 is 0.824 bits per heavy atom. The Morgan fingerprint density at radius 2 is 1.49 bits per heavy atom. The van der Waals surface area contributed by atoms with Gasteiger partial charge < -0.3 is 19.7 Å². The molecule has 0 amide bonds. The molecule has 7 rings (SSSR count). The Kier molecular flexibility index (Phi) is 9.78. The van der Waals surface area contributed by atoms with Gasteiger partial charge in [0, 0.05) is 44.0 Å². The predicted octanol–water partition coefficient (Wildman–Crippen LogP) is 11.1. The van der Waals surface area contributed by atoms with Crippen molar-refractivity contribution in [1.29, 1.82) is 0 Å². The van der Waals surface area contributed by atoms with Gasteiger partial charge in [-0.25, -0.2) is 4.98 Å². The van der Waals surface area contributed by atoms with Crippen LogP contribution in [-0.4, -0.2) is 22.0 Å². The van der Waals surface area contributed by atoms with Crippen LogP contribution in [0.2, 0.25) is 0 Å². The van der Waals surface area contributed by atoms with Crippen LogP contribution in [0.25, 0.3) is 10.9 Å². The van der Waals surface area contributed by atoms with Gasteiger partial charge in [-0.3, -0.25) is 0 Å². The molecule has 5 aromatic rings. The second-order valence-electron chi connectivity index (χ2n) is 16.5. The van der Waals surface area contributed by atoms with Crippen LogP contribution in [0.4, 0.5) is 5.69 Å². The summed E-state index contributed by atoms with van der Waals surface area (Å²) in [7, 11) is 0. The Hall–Kier alpha value is -3.95. The number of fused-ring (bicyclic) bond motifs is 4. The number of phenolic OH excluding ortho intramolecular Hbond substituents is 1. The fourth-order valence-electron chi connectivity index (χ4n) is 7.67. The summed E-state index contributed by atoms with van der Waals surface area (Å²) in [4.78, 5) is 12.9. The Morgan fingerprint density at radius 3 is 2.18 bits per heavy atom. The minimum atomic E-state index is -0.160. The fourth-order valence-corrected chi connectivity index (χ4v) is 7.67. The van der Waals surface area contributed by atoms with Crippen molar-refractivity contribution < 1.29 is 30.9 Å². The summed E-state index contributed by atoms with van der Waals surface area (Å²) >= 11 is 0. The molecule has 268 valence electrons. The molecule has 0 radical (unpaired) electrons. The van der Waals surface area contributed by atoms with Gasteiger partial charge in [0.05, 0.1) is 17.9 Å². The van der Waals surface area contributed by atoms with Crippen molar-refractivity contribution in [2.24, 2.45) is 4.99 Å². The van der Waals surface area contributed by atoms with Crippen LogP contribution in [0.1, 0.15) is 110 Å². The summed E-state index contributed by atoms with van der Waals surface area (Å²) in [6, 6.07) is 27.2. The first kappa shape index (κ1) is 36.8. The van der Waals surface area contributed by atoms with Crippen LogP contribution in [-0.2, 0) is 38.3 Å². The van der Waals surface area contributed by atoms with Gasteiger partial charge in [0.1, 0.15) is 11.3 Å². The average Bonchev–Trinajstić information content (AvgIpc) is 3.32. The molecule has 2 aliphatic rings. The monoisotopic (exact) mass is 859 g/mol. The molecule has 0 saturated heterocycles. The van der Waals surface area contributed by atoms with Crippen molar-refractivity contribution in [3.8, 4) is 17.4 Å². The summed E-state index contributed by atoms with van der Waals surface area (Å²) in [5.74, 6) is 2.08. The van der Waals surface area contributed by atoms with E-state index in [1.165, 1.54) is 39.1 Å². The molecular weight excluding hydrogens is 810 g/mol. The number of nitrogens with zero attached hydrogens (tertiary/aromatic N) is 3. The number of hydrogen-bond donors (Lipinski definition) is 1. The number of hydrogen-bond acceptors (Lipinski definition) is 5. The summed E-state index contributed by atoms with van der Waals surface area (Å²) in [6.45, 7) is 22.0. The molecule has 5 nitrogen and oxygen atoms in total. The van der Waals surface area contributed by atoms with E-state index in [1.807, 2.05) is 18.2 Å². The molecule has 0 bridgehead atoms. The Labute approximate surface area is 318 Å². The maximum absolute atomic E-state index is 11.0. The van der Waals surface area contributed by atoms with Crippen LogP contribution in [0.3, 0.4) is 0 Å². The van der Waals surface area contributed by atoms with Crippen molar-refractivity contribution in [3.63, 3.8) is 0 Å². The summed E-state index contributed by atoms with van der Waals surface area (Å²) in [6.07, 6.45) is 3.19. The van der Waals surface area contributed by atoms with E-state index in [0.717, 1.165) is 47.2 Å². The fraction of sp³-hybridized carbons (Fsp3) is 0.378. The SMILES string of the molecule is Cc1cc(C)c(C)c(N2C(c3[c-]c(Oc4ccc5cc(C(C)(C)C)cc(O)c5n4)cc(C(C)(C)C)c3)=N[C@H]3CCCc4ccccc4[C@H]32)c1C.[Pt]. The van der Waals surface area contributed by atoms with E-state index in [4.69, 9.17) is 14.7 Å². The summed E-state index contributed by atoms with van der Waals surface area (Å²) < 4.78 is 6.55. The normalized spacial score (nSPS) is 17.4. The van der Waals surface area contributed by atoms with Gasteiger partial charge in [0.15, 0.2) is 0 Å². The van der Waals surface area contributed by atoms with E-state index in [0.29, 0.717) is 17.1 Å². The molecule has 2 atom stereocenters. The number of benzene rings is 4. The molecule has 1 aromatic heterocycles. The zero-order valence-electron chi connectivity index (χ0n) is 31.6. The second kappa shape index (κ2) is 13.5. The minimum Gasteiger partial charge on any atom is -0.506 e. The minimum absolute atomic E-state index is 0. The van der Waals surface area contributed by atoms with Crippen molar-refractivity contribution in [1.82, 2.24) is 4.98 Å². The van der Waals surface area contributed by atoms with Crippen molar-refractivity contribution in [2.75, 3.05) is 4.90 Å². The van der Waals surface area contributed by atoms with E-state index in [9.17, 15) is 5.11 Å². The summed E-state index contributed by atoms with van der Waals surface area (Å²) in [5.41, 5.74) is 12.5. The Balaban J connectivity index is 0.00000448. The number of aryl methyl sites for hydroxylation is 3. The van der Waals surface area contributed by atoms with E-state index in [2.05, 4.69) is 129 Å². The van der Waals surface area contributed by atoms with Crippen molar-refractivity contribution in [2.45, 2.75) is 111 Å². The van der Waals surface area contributed by atoms with Gasteiger partial charge in [-0.15, -0.1) is 17.2 Å². The number of amidine groups is 1. The van der Waals surface area contributed by atoms with E-state index in [1.54, 1.807) is 0 Å². The van der Waals surface area contributed by atoms with Crippen LogP contribution < -0.4 is 9.64 Å². The third kappa shape index (κ3) is 6.87. The number of ether oxygens (including phenoxy) is 1. The maximum atomic E-state index is 11.0. The van der Waals surface area contributed by atoms with Crippen LogP contribution in [0.5, 0.6) is 17.4 Å². The molecule has 1 aliphatic carbocycles. The third-order valence-corrected chi connectivity index (χ3v) is 10.8. The molecule has 4 aromatic carbocycles. The second-order valence-corrected chi connectivity index (χ2v) is 16.5. The van der Waals surface area contributed by atoms with Gasteiger partial charge in [0.2, 0.25) is 5.88 Å². The van der Waals surface area contributed by atoms with E-state index in [-0.39, 0.29) is 49.7 Å². The zero-order chi connectivity index (χ0) is 35.7. The molecule has 0 spiro atoms. The average molecular weight is 860 g/mol. The first-order valence-electron chi connectivity index (χ1n) is 18.0. The smallest absolute Gasteiger partial charge is 0.217 e. The maximum Gasteiger partial charge on any atom is 0.217 e. The van der Waals surface area contributed by atoms with Gasteiger partial charge in [-0.1, -0.05) is 84.0 Å². The molecule has 51 heavy (non-hydrogen) atoms. The molecule has 1 aliphatic heterocycles. The number of rotatable bonds is 4.